The topological polar surface area (TPSA) is 3.24 Å². The molecular weight excluding hydrogens is 173 g/mol. The van der Waals surface area contributed by atoms with Crippen LogP contribution in [0.1, 0.15) is 27.2 Å². The van der Waals surface area contributed by atoms with Crippen molar-refractivity contribution in [2.45, 2.75) is 38.2 Å². The zero-order chi connectivity index (χ0) is 8.85. The van der Waals surface area contributed by atoms with E-state index in [1.54, 1.807) is 0 Å². The number of nitrogens with zero attached hydrogens (tertiary/aromatic N) is 1. The second-order valence-electron chi connectivity index (χ2n) is 3.01. The molecule has 0 spiro atoms. The molecule has 0 rings (SSSR count). The molecule has 0 aromatic heterocycles. The van der Waals surface area contributed by atoms with Crippen LogP contribution in [0.2, 0.25) is 0 Å². The summed E-state index contributed by atoms with van der Waals surface area (Å²) in [5, 5.41) is 0.521. The maximum atomic E-state index is 4.35. The summed E-state index contributed by atoms with van der Waals surface area (Å²) >= 11 is 4.35. The Balaban J connectivity index is 3.52. The van der Waals surface area contributed by atoms with Gasteiger partial charge in [0.2, 0.25) is 0 Å². The molecule has 1 nitrogen and oxygen atoms in total. The molecule has 0 amide bonds. The largest absolute Gasteiger partial charge is 0.298 e. The van der Waals surface area contributed by atoms with Crippen molar-refractivity contribution in [3.05, 3.63) is 0 Å². The van der Waals surface area contributed by atoms with E-state index in [4.69, 9.17) is 0 Å². The number of thiol groups is 1. The summed E-state index contributed by atoms with van der Waals surface area (Å²) in [6.07, 6.45) is 1.18. The minimum absolute atomic E-state index is 0.521. The monoisotopic (exact) mass is 193 g/mol. The van der Waals surface area contributed by atoms with Crippen LogP contribution < -0.4 is 0 Å². The van der Waals surface area contributed by atoms with E-state index in [1.807, 2.05) is 0 Å². The molecule has 0 aliphatic carbocycles. The zero-order valence-corrected chi connectivity index (χ0v) is 9.80. The van der Waals surface area contributed by atoms with Crippen LogP contribution in [0.25, 0.3) is 0 Å². The number of hydrogen-bond acceptors (Lipinski definition) is 2. The van der Waals surface area contributed by atoms with Crippen molar-refractivity contribution in [1.82, 2.24) is 4.90 Å². The molecule has 11 heavy (non-hydrogen) atoms. The van der Waals surface area contributed by atoms with Gasteiger partial charge in [-0.1, -0.05) is 13.8 Å². The maximum Gasteiger partial charge on any atom is 0.0211 e. The van der Waals surface area contributed by atoms with Crippen LogP contribution in [0.15, 0.2) is 0 Å². The van der Waals surface area contributed by atoms with Crippen molar-refractivity contribution < 1.29 is 0 Å². The first kappa shape index (κ1) is 11.7. The molecule has 0 bridgehead atoms. The summed E-state index contributed by atoms with van der Waals surface area (Å²) in [6.45, 7) is 8.84. The van der Waals surface area contributed by atoms with E-state index in [0.29, 0.717) is 11.0 Å². The molecule has 3 unspecified atom stereocenters. The molecule has 3 heteroatoms. The van der Waals surface area contributed by atoms with Crippen molar-refractivity contribution in [2.75, 3.05) is 13.1 Å². The van der Waals surface area contributed by atoms with E-state index in [9.17, 15) is 0 Å². The third-order valence-corrected chi connectivity index (χ3v) is 2.50. The van der Waals surface area contributed by atoms with Gasteiger partial charge in [0.25, 0.3) is 0 Å². The first-order valence-corrected chi connectivity index (χ1v) is 5.44. The average Bonchev–Trinajstić information content (AvgIpc) is 1.87. The Morgan fingerprint density at radius 2 is 2.00 bits per heavy atom. The Kier molecular flexibility index (Phi) is 6.70. The van der Waals surface area contributed by atoms with E-state index >= 15 is 0 Å². The molecule has 0 saturated heterocycles. The Morgan fingerprint density at radius 1 is 1.45 bits per heavy atom. The van der Waals surface area contributed by atoms with Gasteiger partial charge >= 0.3 is 0 Å². The molecule has 0 aliphatic heterocycles. The Bertz CT molecular complexity index is 96.1. The highest BCUT2D eigenvalue weighted by Gasteiger charge is 2.06. The van der Waals surface area contributed by atoms with Crippen molar-refractivity contribution >= 4 is 21.9 Å². The first-order valence-electron chi connectivity index (χ1n) is 4.25. The highest BCUT2D eigenvalue weighted by atomic mass is 32.1. The predicted octanol–water partition coefficient (Wildman–Crippen LogP) is 2.24. The van der Waals surface area contributed by atoms with Gasteiger partial charge in [-0.3, -0.25) is 4.90 Å². The lowest BCUT2D eigenvalue weighted by atomic mass is 10.3. The van der Waals surface area contributed by atoms with Crippen LogP contribution in [-0.2, 0) is 0 Å². The van der Waals surface area contributed by atoms with E-state index in [2.05, 4.69) is 47.5 Å². The van der Waals surface area contributed by atoms with Gasteiger partial charge in [-0.2, -0.15) is 12.6 Å². The summed E-state index contributed by atoms with van der Waals surface area (Å²) in [4.78, 5) is 2.43. The van der Waals surface area contributed by atoms with Crippen LogP contribution >= 0.6 is 21.9 Å². The molecule has 3 atom stereocenters. The number of hydrogen-bond donors (Lipinski definition) is 1. The lowest BCUT2D eigenvalue weighted by Crippen LogP contribution is -2.30. The summed E-state index contributed by atoms with van der Waals surface area (Å²) in [7, 11) is 2.82. The number of rotatable bonds is 5. The standard InChI is InChI=1S/C8H20NPS/c1-4-9(8(3)10)6-5-7(2)11/h7-8,11H,4-6,10H2,1-3H3. The SMILES string of the molecule is CCN(CCC(C)S)C(C)P. The average molecular weight is 193 g/mol. The second-order valence-corrected chi connectivity index (χ2v) is 4.85. The molecule has 0 aromatic rings. The van der Waals surface area contributed by atoms with Gasteiger partial charge in [0.15, 0.2) is 0 Å². The lowest BCUT2D eigenvalue weighted by molar-refractivity contribution is 0.277. The van der Waals surface area contributed by atoms with E-state index in [0.717, 1.165) is 13.1 Å². The maximum absolute atomic E-state index is 4.35. The molecule has 68 valence electrons. The molecular formula is C8H20NPS. The normalized spacial score (nSPS) is 16.9. The zero-order valence-electron chi connectivity index (χ0n) is 7.75. The fourth-order valence-corrected chi connectivity index (χ4v) is 1.48. The molecule has 0 heterocycles. The highest BCUT2D eigenvalue weighted by Crippen LogP contribution is 2.09. The van der Waals surface area contributed by atoms with Crippen molar-refractivity contribution in [1.29, 1.82) is 0 Å². The fraction of sp³-hybridized carbons (Fsp3) is 1.00. The van der Waals surface area contributed by atoms with Crippen LogP contribution in [-0.4, -0.2) is 29.0 Å². The van der Waals surface area contributed by atoms with Gasteiger partial charge in [0, 0.05) is 11.0 Å². The highest BCUT2D eigenvalue weighted by molar-refractivity contribution is 7.80. The van der Waals surface area contributed by atoms with E-state index in [1.165, 1.54) is 6.42 Å². The lowest BCUT2D eigenvalue weighted by Gasteiger charge is -2.24. The quantitative estimate of drug-likeness (QED) is 0.517. The van der Waals surface area contributed by atoms with E-state index in [-0.39, 0.29) is 0 Å². The van der Waals surface area contributed by atoms with Crippen molar-refractivity contribution in [2.24, 2.45) is 0 Å². The Labute approximate surface area is 78.5 Å². The van der Waals surface area contributed by atoms with Crippen LogP contribution in [0.5, 0.6) is 0 Å². The minimum Gasteiger partial charge on any atom is -0.298 e. The predicted molar refractivity (Wildman–Crippen MR) is 59.5 cm³/mol. The molecule has 0 radical (unpaired) electrons. The Hall–Kier alpha value is 0.740. The molecule has 0 aliphatic rings. The summed E-state index contributed by atoms with van der Waals surface area (Å²) < 4.78 is 0. The summed E-state index contributed by atoms with van der Waals surface area (Å²) in [5.74, 6) is 0.590. The van der Waals surface area contributed by atoms with Crippen LogP contribution in [0.4, 0.5) is 0 Å². The first-order chi connectivity index (χ1) is 5.07. The third kappa shape index (κ3) is 5.95. The molecule has 0 saturated carbocycles. The van der Waals surface area contributed by atoms with Gasteiger partial charge in [-0.25, -0.2) is 0 Å². The van der Waals surface area contributed by atoms with Gasteiger partial charge in [0.1, 0.15) is 0 Å². The van der Waals surface area contributed by atoms with Crippen LogP contribution in [0.3, 0.4) is 0 Å². The molecule has 0 fully saturated rings. The van der Waals surface area contributed by atoms with Gasteiger partial charge in [0.05, 0.1) is 0 Å². The van der Waals surface area contributed by atoms with Gasteiger partial charge < -0.3 is 0 Å². The summed E-state index contributed by atoms with van der Waals surface area (Å²) in [5.41, 5.74) is 0. The van der Waals surface area contributed by atoms with E-state index < -0.39 is 0 Å². The smallest absolute Gasteiger partial charge is 0.0211 e. The molecule has 0 aromatic carbocycles. The van der Waals surface area contributed by atoms with Gasteiger partial charge in [-0.05, 0) is 26.4 Å². The minimum atomic E-state index is 0.521. The molecule has 0 N–H and O–H groups in total. The second kappa shape index (κ2) is 6.28. The van der Waals surface area contributed by atoms with Crippen LogP contribution in [0, 0.1) is 0 Å². The third-order valence-electron chi connectivity index (χ3n) is 1.82. The van der Waals surface area contributed by atoms with Crippen molar-refractivity contribution in [3.8, 4) is 0 Å². The fourth-order valence-electron chi connectivity index (χ4n) is 1.00. The summed E-state index contributed by atoms with van der Waals surface area (Å²) in [6, 6.07) is 0. The van der Waals surface area contributed by atoms with Gasteiger partial charge in [-0.15, -0.1) is 9.24 Å². The van der Waals surface area contributed by atoms with Crippen molar-refractivity contribution in [3.63, 3.8) is 0 Å². The Morgan fingerprint density at radius 3 is 2.27 bits per heavy atom.